The number of nitrogens with zero attached hydrogens (tertiary/aromatic N) is 2. The molecular formula is C26H24N2O7. The van der Waals surface area contributed by atoms with Crippen molar-refractivity contribution in [2.24, 2.45) is 5.92 Å². The van der Waals surface area contributed by atoms with Crippen molar-refractivity contribution in [3.8, 4) is 11.8 Å². The van der Waals surface area contributed by atoms with Crippen LogP contribution < -0.4 is 4.74 Å². The fourth-order valence-electron chi connectivity index (χ4n) is 5.47. The largest absolute Gasteiger partial charge is 0.486 e. The van der Waals surface area contributed by atoms with Gasteiger partial charge < -0.3 is 13.9 Å². The van der Waals surface area contributed by atoms with E-state index in [1.54, 1.807) is 12.1 Å². The van der Waals surface area contributed by atoms with Gasteiger partial charge in [-0.2, -0.15) is 5.26 Å². The van der Waals surface area contributed by atoms with E-state index in [-0.39, 0.29) is 36.8 Å². The van der Waals surface area contributed by atoms with Crippen molar-refractivity contribution in [3.63, 3.8) is 0 Å². The standard InChI is InChI=1S/C26H24N2O7/c1-33-25(30)18-13-26(14-27,11-10-20(18)29)19-7-9-22(34-16-4-2-3-5-16)24-23(19)17-12-15(28(31)32)6-8-21(17)35-24/h6-9,12,16,18H,2-5,10-11,13H2,1H3. The molecule has 2 aliphatic rings. The second-order valence-electron chi connectivity index (χ2n) is 9.32. The van der Waals surface area contributed by atoms with Gasteiger partial charge in [0.25, 0.3) is 5.69 Å². The summed E-state index contributed by atoms with van der Waals surface area (Å²) in [6.45, 7) is 0. The van der Waals surface area contributed by atoms with Crippen molar-refractivity contribution in [1.82, 2.24) is 0 Å². The number of nitro groups is 1. The van der Waals surface area contributed by atoms with Gasteiger partial charge in [0, 0.05) is 29.3 Å². The van der Waals surface area contributed by atoms with Crippen LogP contribution in [0.1, 0.15) is 50.5 Å². The number of ether oxygens (including phenoxy) is 2. The Labute approximate surface area is 200 Å². The first-order chi connectivity index (χ1) is 16.9. The highest BCUT2D eigenvalue weighted by atomic mass is 16.6. The molecule has 9 heteroatoms. The van der Waals surface area contributed by atoms with Crippen LogP contribution in [0.5, 0.6) is 5.75 Å². The smallest absolute Gasteiger partial charge is 0.316 e. The van der Waals surface area contributed by atoms with Gasteiger partial charge in [-0.05, 0) is 56.2 Å². The molecule has 35 heavy (non-hydrogen) atoms. The van der Waals surface area contributed by atoms with Crippen LogP contribution in [0.2, 0.25) is 0 Å². The fourth-order valence-corrected chi connectivity index (χ4v) is 5.47. The molecule has 2 fully saturated rings. The molecule has 2 saturated carbocycles. The van der Waals surface area contributed by atoms with E-state index in [0.29, 0.717) is 33.3 Å². The van der Waals surface area contributed by atoms with Crippen molar-refractivity contribution in [2.45, 2.75) is 56.5 Å². The first kappa shape index (κ1) is 22.8. The van der Waals surface area contributed by atoms with E-state index in [0.717, 1.165) is 25.7 Å². The van der Waals surface area contributed by atoms with Gasteiger partial charge in [0.05, 0.1) is 29.6 Å². The first-order valence-corrected chi connectivity index (χ1v) is 11.7. The Hall–Kier alpha value is -3.93. The summed E-state index contributed by atoms with van der Waals surface area (Å²) >= 11 is 0. The fraction of sp³-hybridized carbons (Fsp3) is 0.423. The Morgan fingerprint density at radius 3 is 2.71 bits per heavy atom. The zero-order chi connectivity index (χ0) is 24.7. The maximum Gasteiger partial charge on any atom is 0.316 e. The Bertz CT molecular complexity index is 1390. The van der Waals surface area contributed by atoms with E-state index in [2.05, 4.69) is 6.07 Å². The number of carbonyl (C=O) groups is 2. The Morgan fingerprint density at radius 1 is 1.26 bits per heavy atom. The lowest BCUT2D eigenvalue weighted by Crippen LogP contribution is -2.40. The van der Waals surface area contributed by atoms with E-state index in [1.807, 2.05) is 0 Å². The number of esters is 1. The molecule has 5 rings (SSSR count). The van der Waals surface area contributed by atoms with Gasteiger partial charge in [0.15, 0.2) is 11.3 Å². The van der Waals surface area contributed by atoms with E-state index in [1.165, 1.54) is 25.3 Å². The molecule has 2 unspecified atom stereocenters. The van der Waals surface area contributed by atoms with Crippen LogP contribution in [-0.2, 0) is 19.7 Å². The van der Waals surface area contributed by atoms with Gasteiger partial charge in [-0.15, -0.1) is 0 Å². The third-order valence-electron chi connectivity index (χ3n) is 7.33. The molecule has 0 N–H and O–H groups in total. The van der Waals surface area contributed by atoms with Gasteiger partial charge in [0.1, 0.15) is 17.3 Å². The van der Waals surface area contributed by atoms with Crippen molar-refractivity contribution in [1.29, 1.82) is 5.26 Å². The number of nitro benzene ring substituents is 1. The predicted molar refractivity (Wildman–Crippen MR) is 125 cm³/mol. The van der Waals surface area contributed by atoms with Crippen molar-refractivity contribution in [3.05, 3.63) is 46.0 Å². The van der Waals surface area contributed by atoms with Gasteiger partial charge in [-0.25, -0.2) is 0 Å². The topological polar surface area (TPSA) is 133 Å². The number of benzene rings is 2. The molecule has 2 aromatic carbocycles. The summed E-state index contributed by atoms with van der Waals surface area (Å²) in [6.07, 6.45) is 4.30. The average molecular weight is 476 g/mol. The summed E-state index contributed by atoms with van der Waals surface area (Å²) < 4.78 is 17.2. The summed E-state index contributed by atoms with van der Waals surface area (Å²) in [5, 5.41) is 22.9. The molecule has 0 saturated heterocycles. The monoisotopic (exact) mass is 476 g/mol. The summed E-state index contributed by atoms with van der Waals surface area (Å²) in [4.78, 5) is 35.9. The quantitative estimate of drug-likeness (QED) is 0.214. The van der Waals surface area contributed by atoms with Crippen molar-refractivity contribution >= 4 is 39.4 Å². The number of ketones is 1. The number of non-ortho nitro benzene ring substituents is 1. The van der Waals surface area contributed by atoms with Gasteiger partial charge in [-0.3, -0.25) is 19.7 Å². The number of methoxy groups -OCH3 is 1. The maximum atomic E-state index is 12.5. The SMILES string of the molecule is COC(=O)C1CC(C#N)(c2ccc(OC3CCCC3)c3oc4ccc([N+](=O)[O-])cc4c23)CCC1=O. The second-order valence-corrected chi connectivity index (χ2v) is 9.32. The second kappa shape index (κ2) is 8.69. The van der Waals surface area contributed by atoms with E-state index >= 15 is 0 Å². The number of carbonyl (C=O) groups excluding carboxylic acids is 2. The zero-order valence-electron chi connectivity index (χ0n) is 19.2. The summed E-state index contributed by atoms with van der Waals surface area (Å²) in [7, 11) is 1.22. The number of hydrogen-bond donors (Lipinski definition) is 0. The summed E-state index contributed by atoms with van der Waals surface area (Å²) in [6, 6.07) is 10.2. The molecule has 3 aromatic rings. The minimum Gasteiger partial charge on any atom is -0.486 e. The molecule has 2 atom stereocenters. The normalized spacial score (nSPS) is 22.9. The molecule has 0 amide bonds. The Balaban J connectivity index is 1.74. The number of hydrogen-bond acceptors (Lipinski definition) is 8. The van der Waals surface area contributed by atoms with Crippen LogP contribution in [0, 0.1) is 27.4 Å². The van der Waals surface area contributed by atoms with Crippen molar-refractivity contribution in [2.75, 3.05) is 7.11 Å². The average Bonchev–Trinajstić information content (AvgIpc) is 3.52. The van der Waals surface area contributed by atoms with Gasteiger partial charge in [0.2, 0.25) is 0 Å². The molecule has 180 valence electrons. The number of Topliss-reactive ketones (excluding diaryl/α,β-unsaturated/α-hetero) is 1. The molecule has 0 bridgehead atoms. The summed E-state index contributed by atoms with van der Waals surface area (Å²) in [5.41, 5.74) is 0.114. The number of furan rings is 1. The maximum absolute atomic E-state index is 12.5. The van der Waals surface area contributed by atoms with Gasteiger partial charge in [-0.1, -0.05) is 6.07 Å². The molecule has 0 aliphatic heterocycles. The number of rotatable bonds is 5. The Morgan fingerprint density at radius 2 is 2.03 bits per heavy atom. The third kappa shape index (κ3) is 3.79. The lowest BCUT2D eigenvalue weighted by Gasteiger charge is -2.34. The van der Waals surface area contributed by atoms with E-state index in [4.69, 9.17) is 13.9 Å². The first-order valence-electron chi connectivity index (χ1n) is 11.7. The molecule has 9 nitrogen and oxygen atoms in total. The molecule has 0 radical (unpaired) electrons. The van der Waals surface area contributed by atoms with E-state index in [9.17, 15) is 25.0 Å². The van der Waals surface area contributed by atoms with Crippen LogP contribution >= 0.6 is 0 Å². The zero-order valence-corrected chi connectivity index (χ0v) is 19.2. The van der Waals surface area contributed by atoms with Crippen LogP contribution in [-0.4, -0.2) is 29.9 Å². The molecule has 0 spiro atoms. The number of nitriles is 1. The highest BCUT2D eigenvalue weighted by Gasteiger charge is 2.46. The van der Waals surface area contributed by atoms with Crippen LogP contribution in [0.25, 0.3) is 21.9 Å². The van der Waals surface area contributed by atoms with Gasteiger partial charge >= 0.3 is 5.97 Å². The van der Waals surface area contributed by atoms with Crippen molar-refractivity contribution < 1.29 is 28.4 Å². The molecular weight excluding hydrogens is 452 g/mol. The highest BCUT2D eigenvalue weighted by molar-refractivity contribution is 6.10. The minimum atomic E-state index is -1.18. The summed E-state index contributed by atoms with van der Waals surface area (Å²) in [5.74, 6) is -1.46. The Kier molecular flexibility index (Phi) is 5.67. The van der Waals surface area contributed by atoms with E-state index < -0.39 is 22.2 Å². The molecule has 2 aliphatic carbocycles. The highest BCUT2D eigenvalue weighted by Crippen LogP contribution is 2.48. The number of fused-ring (bicyclic) bond motifs is 3. The van der Waals surface area contributed by atoms with Crippen LogP contribution in [0.15, 0.2) is 34.7 Å². The molecule has 1 heterocycles. The van der Waals surface area contributed by atoms with Crippen LogP contribution in [0.4, 0.5) is 5.69 Å². The predicted octanol–water partition coefficient (Wildman–Crippen LogP) is 5.12. The lowest BCUT2D eigenvalue weighted by molar-refractivity contribution is -0.384. The molecule has 1 aromatic heterocycles. The van der Waals surface area contributed by atoms with Crippen LogP contribution in [0.3, 0.4) is 0 Å². The third-order valence-corrected chi connectivity index (χ3v) is 7.33. The minimum absolute atomic E-state index is 0.0332. The lowest BCUT2D eigenvalue weighted by atomic mass is 9.65.